The van der Waals surface area contributed by atoms with E-state index in [1.807, 2.05) is 0 Å². The van der Waals surface area contributed by atoms with Gasteiger partial charge in [0.1, 0.15) is 0 Å². The second kappa shape index (κ2) is 5.90. The number of amidine groups is 1. The molecule has 0 aliphatic rings. The van der Waals surface area contributed by atoms with E-state index in [1.54, 1.807) is 14.1 Å². The number of allylic oxidation sites excluding steroid dienone is 1. The number of thioether (sulfide) groups is 1. The highest BCUT2D eigenvalue weighted by atomic mass is 32.2. The second-order valence-electron chi connectivity index (χ2n) is 2.46. The van der Waals surface area contributed by atoms with Gasteiger partial charge in [-0.1, -0.05) is 11.8 Å². The molecule has 2 nitrogen and oxygen atoms in total. The molecular weight excluding hydrogens is 201 g/mol. The molecule has 0 fully saturated rings. The van der Waals surface area contributed by atoms with Crippen LogP contribution in [0.25, 0.3) is 0 Å². The van der Waals surface area contributed by atoms with Gasteiger partial charge in [-0.2, -0.15) is 8.78 Å². The van der Waals surface area contributed by atoms with Gasteiger partial charge < -0.3 is 4.90 Å². The first-order chi connectivity index (χ1) is 5.95. The summed E-state index contributed by atoms with van der Waals surface area (Å²) in [5.41, 5.74) is 0. The highest BCUT2D eigenvalue weighted by Crippen LogP contribution is 2.16. The Balaban J connectivity index is 3.70. The summed E-state index contributed by atoms with van der Waals surface area (Å²) in [5, 5.41) is 7.49. The quantitative estimate of drug-likeness (QED) is 0.575. The largest absolute Gasteiger partial charge is 0.358 e. The summed E-state index contributed by atoms with van der Waals surface area (Å²) < 4.78 is 35.3. The molecule has 0 aromatic heterocycles. The Morgan fingerprint density at radius 2 is 1.85 bits per heavy atom. The Bertz CT molecular complexity index is 212. The molecule has 0 unspecified atom stereocenters. The predicted octanol–water partition coefficient (Wildman–Crippen LogP) is 2.68. The van der Waals surface area contributed by atoms with Crippen molar-refractivity contribution in [3.8, 4) is 0 Å². The van der Waals surface area contributed by atoms with Gasteiger partial charge in [-0.05, 0) is 0 Å². The van der Waals surface area contributed by atoms with Crippen LogP contribution in [0.15, 0.2) is 11.9 Å². The van der Waals surface area contributed by atoms with Crippen molar-refractivity contribution in [2.75, 3.05) is 19.8 Å². The van der Waals surface area contributed by atoms with Crippen LogP contribution in [0.5, 0.6) is 0 Å². The molecule has 0 saturated carbocycles. The first kappa shape index (κ1) is 12.3. The number of hydrogen-bond donors (Lipinski definition) is 1. The molecule has 0 spiro atoms. The molecule has 0 aliphatic heterocycles. The summed E-state index contributed by atoms with van der Waals surface area (Å²) in [6.45, 7) is 0. The topological polar surface area (TPSA) is 27.1 Å². The van der Waals surface area contributed by atoms with E-state index in [1.165, 1.54) is 4.90 Å². The van der Waals surface area contributed by atoms with Gasteiger partial charge in [0.15, 0.2) is 11.0 Å². The van der Waals surface area contributed by atoms with Gasteiger partial charge in [0.2, 0.25) is 0 Å². The molecule has 0 atom stereocenters. The number of hydrogen-bond acceptors (Lipinski definition) is 2. The monoisotopic (exact) mass is 212 g/mol. The smallest absolute Gasteiger partial charge is 0.301 e. The summed E-state index contributed by atoms with van der Waals surface area (Å²) in [4.78, 5) is 1.53. The van der Waals surface area contributed by atoms with E-state index in [9.17, 15) is 13.2 Å². The van der Waals surface area contributed by atoms with Crippen LogP contribution in [-0.4, -0.2) is 29.9 Å². The van der Waals surface area contributed by atoms with E-state index in [2.05, 4.69) is 0 Å². The van der Waals surface area contributed by atoms with E-state index in [0.717, 1.165) is 11.8 Å². The first-order valence-corrected chi connectivity index (χ1v) is 4.52. The minimum atomic E-state index is -2.27. The Morgan fingerprint density at radius 1 is 1.31 bits per heavy atom. The number of rotatable bonds is 3. The third-order valence-electron chi connectivity index (χ3n) is 1.17. The SMILES string of the molecule is CN(C)C(=N)SCCC(F)=C(F)F. The zero-order valence-corrected chi connectivity index (χ0v) is 8.22. The summed E-state index contributed by atoms with van der Waals surface area (Å²) in [5.74, 6) is -1.24. The maximum atomic E-state index is 12.2. The van der Waals surface area contributed by atoms with Gasteiger partial charge in [-0.3, -0.25) is 5.41 Å². The highest BCUT2D eigenvalue weighted by Gasteiger charge is 2.06. The lowest BCUT2D eigenvalue weighted by Crippen LogP contribution is -2.17. The average Bonchev–Trinajstić information content (AvgIpc) is 2.03. The van der Waals surface area contributed by atoms with Crippen molar-refractivity contribution < 1.29 is 13.2 Å². The van der Waals surface area contributed by atoms with Crippen molar-refractivity contribution in [1.29, 1.82) is 5.41 Å². The van der Waals surface area contributed by atoms with Crippen LogP contribution < -0.4 is 0 Å². The molecule has 0 radical (unpaired) electrons. The normalized spacial score (nSPS) is 9.62. The second-order valence-corrected chi connectivity index (χ2v) is 3.55. The highest BCUT2D eigenvalue weighted by molar-refractivity contribution is 8.13. The van der Waals surface area contributed by atoms with Crippen LogP contribution >= 0.6 is 11.8 Å². The summed E-state index contributed by atoms with van der Waals surface area (Å²) >= 11 is 1.03. The third kappa shape index (κ3) is 5.57. The molecule has 0 heterocycles. The van der Waals surface area contributed by atoms with Crippen molar-refractivity contribution in [3.05, 3.63) is 11.9 Å². The summed E-state index contributed by atoms with van der Waals surface area (Å²) in [7, 11) is 3.33. The van der Waals surface area contributed by atoms with E-state index in [0.29, 0.717) is 0 Å². The van der Waals surface area contributed by atoms with Gasteiger partial charge >= 0.3 is 6.08 Å². The van der Waals surface area contributed by atoms with Crippen LogP contribution in [-0.2, 0) is 0 Å². The van der Waals surface area contributed by atoms with Crippen LogP contribution in [0, 0.1) is 5.41 Å². The van der Waals surface area contributed by atoms with Crippen molar-refractivity contribution in [2.45, 2.75) is 6.42 Å². The fourth-order valence-electron chi connectivity index (χ4n) is 0.461. The standard InChI is InChI=1S/C7H11F3N2S/c1-12(2)7(11)13-4-3-5(8)6(9)10/h11H,3-4H2,1-2H3. The van der Waals surface area contributed by atoms with Crippen molar-refractivity contribution >= 4 is 16.9 Å². The van der Waals surface area contributed by atoms with E-state index < -0.39 is 11.9 Å². The molecule has 0 saturated heterocycles. The molecule has 13 heavy (non-hydrogen) atoms. The Kier molecular flexibility index (Phi) is 5.61. The number of nitrogens with one attached hydrogen (secondary N) is 1. The van der Waals surface area contributed by atoms with Crippen LogP contribution in [0.1, 0.15) is 6.42 Å². The van der Waals surface area contributed by atoms with Gasteiger partial charge in [0.25, 0.3) is 0 Å². The maximum Gasteiger partial charge on any atom is 0.301 e. The average molecular weight is 212 g/mol. The van der Waals surface area contributed by atoms with Gasteiger partial charge in [0.05, 0.1) is 0 Å². The molecule has 1 N–H and O–H groups in total. The lowest BCUT2D eigenvalue weighted by molar-refractivity contribution is 0.373. The Morgan fingerprint density at radius 3 is 2.23 bits per heavy atom. The zero-order chi connectivity index (χ0) is 10.4. The van der Waals surface area contributed by atoms with E-state index >= 15 is 0 Å². The Hall–Kier alpha value is -0.650. The van der Waals surface area contributed by atoms with Crippen molar-refractivity contribution in [2.24, 2.45) is 0 Å². The molecule has 0 aromatic carbocycles. The molecular formula is C7H11F3N2S. The molecule has 0 rings (SSSR count). The fraction of sp³-hybridized carbons (Fsp3) is 0.571. The van der Waals surface area contributed by atoms with E-state index in [-0.39, 0.29) is 17.3 Å². The van der Waals surface area contributed by atoms with Crippen molar-refractivity contribution in [3.63, 3.8) is 0 Å². The third-order valence-corrected chi connectivity index (χ3v) is 2.22. The van der Waals surface area contributed by atoms with Gasteiger partial charge in [-0.25, -0.2) is 4.39 Å². The molecule has 6 heteroatoms. The molecule has 0 amide bonds. The van der Waals surface area contributed by atoms with Gasteiger partial charge in [0, 0.05) is 26.3 Å². The lowest BCUT2D eigenvalue weighted by atomic mass is 10.4. The predicted molar refractivity (Wildman–Crippen MR) is 48.8 cm³/mol. The first-order valence-electron chi connectivity index (χ1n) is 3.53. The Labute approximate surface area is 79.3 Å². The number of halogens is 3. The maximum absolute atomic E-state index is 12.2. The minimum Gasteiger partial charge on any atom is -0.358 e. The molecule has 0 aliphatic carbocycles. The molecule has 0 aromatic rings. The fourth-order valence-corrected chi connectivity index (χ4v) is 1.19. The van der Waals surface area contributed by atoms with Crippen LogP contribution in [0.3, 0.4) is 0 Å². The summed E-state index contributed by atoms with van der Waals surface area (Å²) in [6, 6.07) is 0. The number of nitrogens with zero attached hydrogens (tertiary/aromatic N) is 1. The van der Waals surface area contributed by atoms with Crippen LogP contribution in [0.2, 0.25) is 0 Å². The van der Waals surface area contributed by atoms with Crippen LogP contribution in [0.4, 0.5) is 13.2 Å². The van der Waals surface area contributed by atoms with Gasteiger partial charge in [-0.15, -0.1) is 0 Å². The molecule has 76 valence electrons. The van der Waals surface area contributed by atoms with Crippen molar-refractivity contribution in [1.82, 2.24) is 4.90 Å². The van der Waals surface area contributed by atoms with E-state index in [4.69, 9.17) is 5.41 Å². The minimum absolute atomic E-state index is 0.153. The molecule has 0 bridgehead atoms. The summed E-state index contributed by atoms with van der Waals surface area (Å²) in [6.07, 6.45) is -2.60. The zero-order valence-electron chi connectivity index (χ0n) is 7.40. The lowest BCUT2D eigenvalue weighted by Gasteiger charge is -2.11.